The third-order valence-electron chi connectivity index (χ3n) is 3.85. The maximum absolute atomic E-state index is 11.7. The molecule has 4 N–H and O–H groups in total. The molecule has 6 heteroatoms. The summed E-state index contributed by atoms with van der Waals surface area (Å²) in [5, 5.41) is 13.4. The van der Waals surface area contributed by atoms with Crippen LogP contribution in [0.25, 0.3) is 0 Å². The van der Waals surface area contributed by atoms with Crippen LogP contribution in [-0.4, -0.2) is 57.0 Å². The van der Waals surface area contributed by atoms with Gasteiger partial charge >= 0.3 is 0 Å². The minimum absolute atomic E-state index is 0.0829. The number of aromatic hydroxyl groups is 1. The highest BCUT2D eigenvalue weighted by Gasteiger charge is 2.20. The molecule has 1 amide bonds. The molecule has 1 aromatic rings. The molecule has 2 rings (SSSR count). The average Bonchev–Trinajstić information content (AvgIpc) is 2.49. The fraction of sp³-hybridized carbons (Fsp3) is 0.467. The van der Waals surface area contributed by atoms with E-state index in [1.807, 2.05) is 6.07 Å². The molecular weight excluding hydrogens is 268 g/mol. The first-order chi connectivity index (χ1) is 10.1. The highest BCUT2D eigenvalue weighted by Crippen LogP contribution is 2.12. The number of phenols is 1. The van der Waals surface area contributed by atoms with Gasteiger partial charge in [-0.25, -0.2) is 5.43 Å². The zero-order valence-electron chi connectivity index (χ0n) is 12.4. The molecule has 0 unspecified atom stereocenters. The number of hydrogen-bond donors (Lipinski definition) is 4. The number of carbonyl (C=O) groups is 1. The number of amides is 1. The zero-order chi connectivity index (χ0) is 15.1. The van der Waals surface area contributed by atoms with Crippen LogP contribution in [-0.2, 0) is 4.79 Å². The minimum Gasteiger partial charge on any atom is -0.507 e. The lowest BCUT2D eigenvalue weighted by molar-refractivity contribution is -1.00. The molecule has 1 aliphatic heterocycles. The topological polar surface area (TPSA) is 70.6 Å². The number of likely N-dealkylation sites (N-methyl/N-ethyl adjacent to an activating group) is 1. The van der Waals surface area contributed by atoms with Crippen LogP contribution in [0.15, 0.2) is 29.4 Å². The quantitative estimate of drug-likeness (QED) is 0.362. The molecule has 0 bridgehead atoms. The Morgan fingerprint density at radius 1 is 1.33 bits per heavy atom. The summed E-state index contributed by atoms with van der Waals surface area (Å²) in [6.45, 7) is 5.44. The number of quaternary nitrogens is 2. The summed E-state index contributed by atoms with van der Waals surface area (Å²) < 4.78 is 0. The molecule has 1 aromatic carbocycles. The third kappa shape index (κ3) is 5.17. The van der Waals surface area contributed by atoms with E-state index in [1.165, 1.54) is 24.2 Å². The Labute approximate surface area is 125 Å². The van der Waals surface area contributed by atoms with Gasteiger partial charge in [-0.15, -0.1) is 0 Å². The first-order valence-electron chi connectivity index (χ1n) is 7.40. The lowest BCUT2D eigenvalue weighted by Crippen LogP contribution is -3.27. The van der Waals surface area contributed by atoms with Crippen LogP contribution in [0.2, 0.25) is 0 Å². The number of hydrazone groups is 1. The van der Waals surface area contributed by atoms with Gasteiger partial charge in [-0.1, -0.05) is 12.1 Å². The molecule has 114 valence electrons. The average molecular weight is 292 g/mol. The van der Waals surface area contributed by atoms with Crippen LogP contribution < -0.4 is 15.2 Å². The van der Waals surface area contributed by atoms with Gasteiger partial charge in [0.05, 0.1) is 26.2 Å². The van der Waals surface area contributed by atoms with Crippen LogP contribution in [0.5, 0.6) is 5.75 Å². The summed E-state index contributed by atoms with van der Waals surface area (Å²) in [5.74, 6) is 0.0697. The van der Waals surface area contributed by atoms with Crippen LogP contribution in [0.4, 0.5) is 0 Å². The van der Waals surface area contributed by atoms with Gasteiger partial charge in [-0.3, -0.25) is 4.79 Å². The van der Waals surface area contributed by atoms with E-state index < -0.39 is 0 Å². The van der Waals surface area contributed by atoms with Crippen LogP contribution in [0, 0.1) is 0 Å². The normalized spacial score (nSPS) is 22.3. The van der Waals surface area contributed by atoms with Crippen molar-refractivity contribution in [1.82, 2.24) is 5.43 Å². The number of hydrogen-bond acceptors (Lipinski definition) is 3. The van der Waals surface area contributed by atoms with Crippen molar-refractivity contribution in [2.75, 3.05) is 39.8 Å². The summed E-state index contributed by atoms with van der Waals surface area (Å²) in [6, 6.07) is 6.87. The molecule has 0 saturated carbocycles. The molecule has 21 heavy (non-hydrogen) atoms. The van der Waals surface area contributed by atoms with E-state index in [0.717, 1.165) is 19.6 Å². The Morgan fingerprint density at radius 3 is 2.76 bits per heavy atom. The SMILES string of the molecule is C[NH+]1CC[NH+](CCC(=O)N/N=C/c2ccccc2O)CC1. The number of benzene rings is 1. The Balaban J connectivity index is 1.69. The van der Waals surface area contributed by atoms with E-state index in [4.69, 9.17) is 0 Å². The van der Waals surface area contributed by atoms with Gasteiger partial charge in [-0.2, -0.15) is 5.10 Å². The predicted octanol–water partition coefficient (Wildman–Crippen LogP) is -2.35. The van der Waals surface area contributed by atoms with E-state index >= 15 is 0 Å². The van der Waals surface area contributed by atoms with Crippen molar-refractivity contribution in [3.05, 3.63) is 29.8 Å². The second-order valence-electron chi connectivity index (χ2n) is 5.56. The number of nitrogens with zero attached hydrogens (tertiary/aromatic N) is 1. The lowest BCUT2D eigenvalue weighted by Gasteiger charge is -2.26. The van der Waals surface area contributed by atoms with Crippen molar-refractivity contribution in [3.63, 3.8) is 0 Å². The van der Waals surface area contributed by atoms with E-state index in [0.29, 0.717) is 12.0 Å². The molecule has 1 fully saturated rings. The van der Waals surface area contributed by atoms with Gasteiger partial charge in [-0.05, 0) is 12.1 Å². The second kappa shape index (κ2) is 7.75. The molecule has 6 nitrogen and oxygen atoms in total. The zero-order valence-corrected chi connectivity index (χ0v) is 12.4. The summed E-state index contributed by atoms with van der Waals surface area (Å²) in [7, 11) is 2.21. The molecule has 1 saturated heterocycles. The van der Waals surface area contributed by atoms with Crippen molar-refractivity contribution in [2.45, 2.75) is 6.42 Å². The molecule has 0 radical (unpaired) electrons. The van der Waals surface area contributed by atoms with Crippen LogP contribution in [0.1, 0.15) is 12.0 Å². The first-order valence-corrected chi connectivity index (χ1v) is 7.40. The predicted molar refractivity (Wildman–Crippen MR) is 80.6 cm³/mol. The first kappa shape index (κ1) is 15.5. The smallest absolute Gasteiger partial charge is 0.245 e. The molecule has 1 heterocycles. The van der Waals surface area contributed by atoms with E-state index in [1.54, 1.807) is 23.1 Å². The maximum atomic E-state index is 11.7. The lowest BCUT2D eigenvalue weighted by atomic mass is 10.2. The standard InChI is InChI=1S/C15H22N4O2/c1-18-8-10-19(11-9-18)7-6-15(21)17-16-12-13-4-2-3-5-14(13)20/h2-5,12,20H,6-11H2,1H3,(H,17,21)/p+2/b16-12+. The number of piperazine rings is 1. The second-order valence-corrected chi connectivity index (χ2v) is 5.56. The summed E-state index contributed by atoms with van der Waals surface area (Å²) in [4.78, 5) is 14.8. The molecule has 1 aliphatic rings. The van der Waals surface area contributed by atoms with Gasteiger partial charge in [0.25, 0.3) is 0 Å². The van der Waals surface area contributed by atoms with Gasteiger partial charge in [0, 0.05) is 5.56 Å². The van der Waals surface area contributed by atoms with Gasteiger partial charge in [0.15, 0.2) is 0 Å². The fourth-order valence-corrected chi connectivity index (χ4v) is 2.40. The van der Waals surface area contributed by atoms with Gasteiger partial charge in [0.2, 0.25) is 5.91 Å². The van der Waals surface area contributed by atoms with E-state index in [2.05, 4.69) is 17.6 Å². The number of para-hydroxylation sites is 1. The fourth-order valence-electron chi connectivity index (χ4n) is 2.40. The highest BCUT2D eigenvalue weighted by atomic mass is 16.3. The number of carbonyl (C=O) groups excluding carboxylic acids is 1. The van der Waals surface area contributed by atoms with Crippen molar-refractivity contribution < 1.29 is 19.7 Å². The molecular formula is C15H24N4O2+2. The van der Waals surface area contributed by atoms with Crippen LogP contribution in [0.3, 0.4) is 0 Å². The molecule has 0 atom stereocenters. The van der Waals surface area contributed by atoms with E-state index in [9.17, 15) is 9.90 Å². The summed E-state index contributed by atoms with van der Waals surface area (Å²) in [6.07, 6.45) is 1.94. The summed E-state index contributed by atoms with van der Waals surface area (Å²) in [5.41, 5.74) is 3.10. The molecule has 0 aliphatic carbocycles. The Hall–Kier alpha value is -1.92. The monoisotopic (exact) mass is 292 g/mol. The highest BCUT2D eigenvalue weighted by molar-refractivity contribution is 5.84. The van der Waals surface area contributed by atoms with E-state index in [-0.39, 0.29) is 11.7 Å². The van der Waals surface area contributed by atoms with Crippen molar-refractivity contribution in [2.24, 2.45) is 5.10 Å². The maximum Gasteiger partial charge on any atom is 0.245 e. The Bertz CT molecular complexity index is 496. The third-order valence-corrected chi connectivity index (χ3v) is 3.85. The largest absolute Gasteiger partial charge is 0.507 e. The Morgan fingerprint density at radius 2 is 2.05 bits per heavy atom. The van der Waals surface area contributed by atoms with Crippen molar-refractivity contribution >= 4 is 12.1 Å². The van der Waals surface area contributed by atoms with Crippen molar-refractivity contribution in [1.29, 1.82) is 0 Å². The van der Waals surface area contributed by atoms with Crippen molar-refractivity contribution in [3.8, 4) is 5.75 Å². The number of nitrogens with one attached hydrogen (secondary N) is 3. The number of rotatable bonds is 5. The molecule has 0 aromatic heterocycles. The van der Waals surface area contributed by atoms with Gasteiger partial charge < -0.3 is 14.9 Å². The van der Waals surface area contributed by atoms with Gasteiger partial charge in [0.1, 0.15) is 31.9 Å². The Kier molecular flexibility index (Phi) is 5.71. The summed E-state index contributed by atoms with van der Waals surface area (Å²) >= 11 is 0. The number of phenolic OH excluding ortho intramolecular Hbond substituents is 1. The van der Waals surface area contributed by atoms with Crippen LogP contribution >= 0.6 is 0 Å². The minimum atomic E-state index is -0.0829. The molecule has 0 spiro atoms.